The molecule has 0 bridgehead atoms. The number of piperidine rings is 1. The van der Waals surface area contributed by atoms with Crippen LogP contribution in [0.1, 0.15) is 12.8 Å². The quantitative estimate of drug-likeness (QED) is 0.837. The van der Waals surface area contributed by atoms with E-state index in [-0.39, 0.29) is 6.10 Å². The number of hydrogen-bond acceptors (Lipinski definition) is 5. The molecule has 23 heavy (non-hydrogen) atoms. The number of rotatable bonds is 7. The molecule has 1 saturated heterocycles. The average molecular weight is 316 g/mol. The Morgan fingerprint density at radius 1 is 1.17 bits per heavy atom. The molecular weight excluding hydrogens is 292 g/mol. The minimum Gasteiger partial charge on any atom is -0.477 e. The van der Waals surface area contributed by atoms with Gasteiger partial charge in [-0.05, 0) is 44.0 Å². The molecule has 1 aliphatic rings. The summed E-state index contributed by atoms with van der Waals surface area (Å²) in [6.45, 7) is 3.99. The monoisotopic (exact) mass is 316 g/mol. The van der Waals surface area contributed by atoms with Crippen LogP contribution >= 0.6 is 0 Å². The normalized spacial score (nSPS) is 18.0. The van der Waals surface area contributed by atoms with Gasteiger partial charge in [-0.2, -0.15) is 5.10 Å². The van der Waals surface area contributed by atoms with Crippen LogP contribution in [0.3, 0.4) is 0 Å². The third kappa shape index (κ3) is 5.04. The van der Waals surface area contributed by atoms with Crippen molar-refractivity contribution in [3.63, 3.8) is 0 Å². The average Bonchev–Trinajstić information content (AvgIpc) is 3.08. The Labute approximate surface area is 136 Å². The van der Waals surface area contributed by atoms with Gasteiger partial charge in [0.15, 0.2) is 0 Å². The number of aliphatic hydroxyl groups is 1. The van der Waals surface area contributed by atoms with E-state index in [0.29, 0.717) is 24.9 Å². The topological polar surface area (TPSA) is 63.4 Å². The minimum absolute atomic E-state index is 0.379. The molecule has 2 aromatic rings. The molecule has 1 aliphatic heterocycles. The second-order valence-electron chi connectivity index (χ2n) is 6.10. The maximum Gasteiger partial charge on any atom is 0.213 e. The predicted molar refractivity (Wildman–Crippen MR) is 87.1 cm³/mol. The molecule has 1 atom stereocenters. The second-order valence-corrected chi connectivity index (χ2v) is 6.10. The zero-order valence-corrected chi connectivity index (χ0v) is 13.3. The van der Waals surface area contributed by atoms with Gasteiger partial charge in [-0.25, -0.2) is 4.98 Å². The summed E-state index contributed by atoms with van der Waals surface area (Å²) in [6.07, 6.45) is 7.18. The lowest BCUT2D eigenvalue weighted by atomic mass is 9.97. The number of β-amino-alcohol motifs (C(OH)–C–C–N with tert-alkyl or cyclic N) is 1. The molecule has 0 amide bonds. The molecular formula is C17H24N4O2. The molecule has 3 heterocycles. The Kier molecular flexibility index (Phi) is 5.60. The van der Waals surface area contributed by atoms with E-state index in [1.54, 1.807) is 17.1 Å². The van der Waals surface area contributed by atoms with Crippen LogP contribution in [0.5, 0.6) is 5.88 Å². The minimum atomic E-state index is -0.379. The molecule has 0 saturated carbocycles. The summed E-state index contributed by atoms with van der Waals surface area (Å²) in [4.78, 5) is 6.50. The van der Waals surface area contributed by atoms with Crippen molar-refractivity contribution in [1.82, 2.24) is 19.7 Å². The lowest BCUT2D eigenvalue weighted by molar-refractivity contribution is 0.0679. The van der Waals surface area contributed by atoms with Gasteiger partial charge in [-0.15, -0.1) is 0 Å². The summed E-state index contributed by atoms with van der Waals surface area (Å²) in [5.41, 5.74) is 0. The van der Waals surface area contributed by atoms with Crippen molar-refractivity contribution in [2.24, 2.45) is 5.92 Å². The summed E-state index contributed by atoms with van der Waals surface area (Å²) in [5, 5.41) is 14.3. The molecule has 0 aromatic carbocycles. The Balaban J connectivity index is 1.35. The Hall–Kier alpha value is -1.92. The fourth-order valence-electron chi connectivity index (χ4n) is 2.95. The maximum absolute atomic E-state index is 10.2. The molecule has 1 fully saturated rings. The summed E-state index contributed by atoms with van der Waals surface area (Å²) < 4.78 is 7.52. The van der Waals surface area contributed by atoms with Gasteiger partial charge in [-0.1, -0.05) is 6.07 Å². The van der Waals surface area contributed by atoms with E-state index in [0.717, 1.165) is 32.5 Å². The molecule has 3 rings (SSSR count). The van der Waals surface area contributed by atoms with E-state index in [1.165, 1.54) is 0 Å². The van der Waals surface area contributed by atoms with Crippen molar-refractivity contribution < 1.29 is 9.84 Å². The Bertz CT molecular complexity index is 553. The van der Waals surface area contributed by atoms with E-state index in [1.807, 2.05) is 30.5 Å². The van der Waals surface area contributed by atoms with Crippen molar-refractivity contribution in [2.45, 2.75) is 25.5 Å². The first-order valence-corrected chi connectivity index (χ1v) is 8.21. The highest BCUT2D eigenvalue weighted by molar-refractivity contribution is 5.09. The number of aromatic nitrogens is 3. The fraction of sp³-hybridized carbons (Fsp3) is 0.529. The number of hydrogen-bond donors (Lipinski definition) is 1. The van der Waals surface area contributed by atoms with Gasteiger partial charge >= 0.3 is 0 Å². The first-order chi connectivity index (χ1) is 11.3. The largest absolute Gasteiger partial charge is 0.477 e. The van der Waals surface area contributed by atoms with Crippen molar-refractivity contribution in [3.8, 4) is 5.88 Å². The molecule has 6 nitrogen and oxygen atoms in total. The van der Waals surface area contributed by atoms with Gasteiger partial charge in [0.2, 0.25) is 5.88 Å². The van der Waals surface area contributed by atoms with Crippen LogP contribution in [0.15, 0.2) is 42.9 Å². The molecule has 0 spiro atoms. The maximum atomic E-state index is 10.2. The van der Waals surface area contributed by atoms with Crippen molar-refractivity contribution in [1.29, 1.82) is 0 Å². The standard InChI is InChI=1S/C17H24N4O2/c22-16(13-21-9-3-8-19-21)12-20-10-5-15(6-11-20)14-23-17-4-1-2-7-18-17/h1-4,7-9,15-16,22H,5-6,10-14H2. The fourth-order valence-corrected chi connectivity index (χ4v) is 2.95. The SMILES string of the molecule is OC(CN1CCC(COc2ccccn2)CC1)Cn1cccn1. The summed E-state index contributed by atoms with van der Waals surface area (Å²) in [5.74, 6) is 1.26. The van der Waals surface area contributed by atoms with Gasteiger partial charge in [0.05, 0.1) is 19.3 Å². The summed E-state index contributed by atoms with van der Waals surface area (Å²) in [6, 6.07) is 7.59. The van der Waals surface area contributed by atoms with Crippen LogP contribution in [0.25, 0.3) is 0 Å². The number of pyridine rings is 1. The predicted octanol–water partition coefficient (Wildman–Crippen LogP) is 1.43. The lowest BCUT2D eigenvalue weighted by Crippen LogP contribution is -2.41. The van der Waals surface area contributed by atoms with E-state index < -0.39 is 0 Å². The molecule has 2 aromatic heterocycles. The third-order valence-corrected chi connectivity index (χ3v) is 4.24. The Morgan fingerprint density at radius 2 is 2.04 bits per heavy atom. The third-order valence-electron chi connectivity index (χ3n) is 4.24. The highest BCUT2D eigenvalue weighted by Gasteiger charge is 2.21. The van der Waals surface area contributed by atoms with Gasteiger partial charge in [0.25, 0.3) is 0 Å². The van der Waals surface area contributed by atoms with Crippen LogP contribution in [-0.4, -0.2) is 57.1 Å². The molecule has 124 valence electrons. The van der Waals surface area contributed by atoms with E-state index in [2.05, 4.69) is 15.0 Å². The van der Waals surface area contributed by atoms with Crippen LogP contribution in [0, 0.1) is 5.92 Å². The van der Waals surface area contributed by atoms with E-state index in [9.17, 15) is 5.11 Å². The first kappa shape index (κ1) is 16.0. The van der Waals surface area contributed by atoms with Crippen LogP contribution in [-0.2, 0) is 6.54 Å². The Morgan fingerprint density at radius 3 is 2.74 bits per heavy atom. The molecule has 1 unspecified atom stereocenters. The lowest BCUT2D eigenvalue weighted by Gasteiger charge is -2.32. The summed E-state index contributed by atoms with van der Waals surface area (Å²) in [7, 11) is 0. The molecule has 0 radical (unpaired) electrons. The number of aliphatic hydroxyl groups excluding tert-OH is 1. The number of ether oxygens (including phenoxy) is 1. The zero-order valence-electron chi connectivity index (χ0n) is 13.3. The zero-order chi connectivity index (χ0) is 15.9. The van der Waals surface area contributed by atoms with Gasteiger partial charge in [0.1, 0.15) is 0 Å². The molecule has 0 aliphatic carbocycles. The number of nitrogens with zero attached hydrogens (tertiary/aromatic N) is 4. The molecule has 6 heteroatoms. The van der Waals surface area contributed by atoms with Crippen LogP contribution in [0.2, 0.25) is 0 Å². The second kappa shape index (κ2) is 8.08. The smallest absolute Gasteiger partial charge is 0.213 e. The van der Waals surface area contributed by atoms with Crippen molar-refractivity contribution >= 4 is 0 Å². The van der Waals surface area contributed by atoms with Crippen molar-refractivity contribution in [3.05, 3.63) is 42.9 Å². The van der Waals surface area contributed by atoms with Crippen LogP contribution < -0.4 is 4.74 Å². The van der Waals surface area contributed by atoms with Crippen molar-refractivity contribution in [2.75, 3.05) is 26.2 Å². The van der Waals surface area contributed by atoms with E-state index in [4.69, 9.17) is 4.74 Å². The van der Waals surface area contributed by atoms with E-state index >= 15 is 0 Å². The van der Waals surface area contributed by atoms with Crippen LogP contribution in [0.4, 0.5) is 0 Å². The highest BCUT2D eigenvalue weighted by Crippen LogP contribution is 2.18. The first-order valence-electron chi connectivity index (χ1n) is 8.21. The molecule has 1 N–H and O–H groups in total. The van der Waals surface area contributed by atoms with Gasteiger partial charge in [-0.3, -0.25) is 4.68 Å². The highest BCUT2D eigenvalue weighted by atomic mass is 16.5. The van der Waals surface area contributed by atoms with Gasteiger partial charge in [0, 0.05) is 31.2 Å². The summed E-state index contributed by atoms with van der Waals surface area (Å²) >= 11 is 0. The van der Waals surface area contributed by atoms with Gasteiger partial charge < -0.3 is 14.7 Å². The number of likely N-dealkylation sites (tertiary alicyclic amines) is 1.